The highest BCUT2D eigenvalue weighted by molar-refractivity contribution is 5.78. The van der Waals surface area contributed by atoms with Crippen molar-refractivity contribution < 1.29 is 9.53 Å². The van der Waals surface area contributed by atoms with Crippen molar-refractivity contribution in [1.82, 2.24) is 10.2 Å². The minimum atomic E-state index is -0.440. The molecular formula is C14H26N4O2. The summed E-state index contributed by atoms with van der Waals surface area (Å²) < 4.78 is 5.51. The fourth-order valence-electron chi connectivity index (χ4n) is 3.18. The third-order valence-corrected chi connectivity index (χ3v) is 3.93. The van der Waals surface area contributed by atoms with Crippen molar-refractivity contribution in [3.05, 3.63) is 0 Å². The second-order valence-electron chi connectivity index (χ2n) is 6.69. The van der Waals surface area contributed by atoms with Gasteiger partial charge < -0.3 is 20.7 Å². The molecule has 6 heteroatoms. The molecule has 0 aromatic heterocycles. The molecule has 1 unspecified atom stereocenters. The van der Waals surface area contributed by atoms with Gasteiger partial charge in [-0.3, -0.25) is 4.99 Å². The Balaban J connectivity index is 1.98. The molecule has 3 atom stereocenters. The Morgan fingerprint density at radius 1 is 1.30 bits per heavy atom. The lowest BCUT2D eigenvalue weighted by Gasteiger charge is -2.39. The minimum Gasteiger partial charge on any atom is -0.444 e. The van der Waals surface area contributed by atoms with E-state index in [0.717, 1.165) is 25.7 Å². The zero-order valence-electron chi connectivity index (χ0n) is 12.8. The fraction of sp³-hybridized carbons (Fsp3) is 0.857. The topological polar surface area (TPSA) is 80.0 Å². The molecule has 0 saturated carbocycles. The van der Waals surface area contributed by atoms with E-state index in [0.29, 0.717) is 12.0 Å². The summed E-state index contributed by atoms with van der Waals surface area (Å²) in [7, 11) is 1.67. The summed E-state index contributed by atoms with van der Waals surface area (Å²) in [4.78, 5) is 18.2. The van der Waals surface area contributed by atoms with Gasteiger partial charge in [0, 0.05) is 25.2 Å². The first kappa shape index (κ1) is 14.9. The highest BCUT2D eigenvalue weighted by atomic mass is 16.6. The number of hydrogen-bond donors (Lipinski definition) is 2. The summed E-state index contributed by atoms with van der Waals surface area (Å²) >= 11 is 0. The van der Waals surface area contributed by atoms with Gasteiger partial charge in [-0.15, -0.1) is 0 Å². The molecular weight excluding hydrogens is 256 g/mol. The van der Waals surface area contributed by atoms with Crippen molar-refractivity contribution in [3.8, 4) is 0 Å². The van der Waals surface area contributed by atoms with Crippen LogP contribution in [-0.2, 0) is 4.74 Å². The van der Waals surface area contributed by atoms with Crippen molar-refractivity contribution >= 4 is 12.1 Å². The molecule has 6 nitrogen and oxygen atoms in total. The number of amides is 1. The maximum atomic E-state index is 12.3. The van der Waals surface area contributed by atoms with E-state index in [1.165, 1.54) is 0 Å². The van der Waals surface area contributed by atoms with Crippen LogP contribution < -0.4 is 11.1 Å². The van der Waals surface area contributed by atoms with Gasteiger partial charge >= 0.3 is 6.09 Å². The molecule has 0 aromatic carbocycles. The van der Waals surface area contributed by atoms with Crippen molar-refractivity contribution in [2.45, 2.75) is 70.2 Å². The molecule has 1 amide bonds. The summed E-state index contributed by atoms with van der Waals surface area (Å²) in [6, 6.07) is 0.811. The van der Waals surface area contributed by atoms with Gasteiger partial charge in [0.15, 0.2) is 5.96 Å². The number of aliphatic imine (C=N–C) groups is 1. The molecule has 2 aliphatic rings. The van der Waals surface area contributed by atoms with E-state index < -0.39 is 5.60 Å². The van der Waals surface area contributed by atoms with Crippen LogP contribution in [-0.4, -0.2) is 47.7 Å². The van der Waals surface area contributed by atoms with Gasteiger partial charge in [-0.1, -0.05) is 0 Å². The summed E-state index contributed by atoms with van der Waals surface area (Å²) in [5.74, 6) is 0.472. The van der Waals surface area contributed by atoms with Crippen molar-refractivity contribution in [2.75, 3.05) is 7.05 Å². The average molecular weight is 282 g/mol. The molecule has 0 aliphatic carbocycles. The van der Waals surface area contributed by atoms with Crippen molar-refractivity contribution in [1.29, 1.82) is 0 Å². The number of ether oxygens (including phenoxy) is 1. The summed E-state index contributed by atoms with van der Waals surface area (Å²) in [6.45, 7) is 5.71. The number of piperidine rings is 1. The predicted octanol–water partition coefficient (Wildman–Crippen LogP) is 1.45. The summed E-state index contributed by atoms with van der Waals surface area (Å²) in [5, 5.41) is 3.23. The van der Waals surface area contributed by atoms with Crippen LogP contribution in [0.15, 0.2) is 4.99 Å². The number of guanidine groups is 1. The lowest BCUT2D eigenvalue weighted by atomic mass is 9.98. The highest BCUT2D eigenvalue weighted by Crippen LogP contribution is 2.36. The van der Waals surface area contributed by atoms with E-state index in [2.05, 4.69) is 10.3 Å². The van der Waals surface area contributed by atoms with Gasteiger partial charge in [-0.05, 0) is 46.5 Å². The molecule has 2 bridgehead atoms. The van der Waals surface area contributed by atoms with Gasteiger partial charge in [-0.2, -0.15) is 0 Å². The fourth-order valence-corrected chi connectivity index (χ4v) is 3.18. The van der Waals surface area contributed by atoms with Crippen LogP contribution in [0.1, 0.15) is 46.5 Å². The van der Waals surface area contributed by atoms with Crippen LogP contribution in [0.25, 0.3) is 0 Å². The first-order valence-corrected chi connectivity index (χ1v) is 7.30. The smallest absolute Gasteiger partial charge is 0.410 e. The van der Waals surface area contributed by atoms with Crippen LogP contribution in [0.3, 0.4) is 0 Å². The van der Waals surface area contributed by atoms with Gasteiger partial charge in [0.25, 0.3) is 0 Å². The minimum absolute atomic E-state index is 0.180. The van der Waals surface area contributed by atoms with Crippen LogP contribution in [0.2, 0.25) is 0 Å². The molecule has 2 aliphatic heterocycles. The number of carbonyl (C=O) groups is 1. The van der Waals surface area contributed by atoms with E-state index >= 15 is 0 Å². The molecule has 114 valence electrons. The first-order chi connectivity index (χ1) is 9.30. The third kappa shape index (κ3) is 3.35. The molecule has 2 saturated heterocycles. The lowest BCUT2D eigenvalue weighted by molar-refractivity contribution is 0.00547. The molecule has 0 spiro atoms. The molecule has 3 N–H and O–H groups in total. The molecule has 2 fully saturated rings. The number of nitrogens with zero attached hydrogens (tertiary/aromatic N) is 2. The Kier molecular flexibility index (Phi) is 4.11. The highest BCUT2D eigenvalue weighted by Gasteiger charge is 2.44. The maximum absolute atomic E-state index is 12.3. The van der Waals surface area contributed by atoms with Gasteiger partial charge in [0.2, 0.25) is 0 Å². The van der Waals surface area contributed by atoms with E-state index in [1.807, 2.05) is 25.7 Å². The number of rotatable bonds is 1. The lowest BCUT2D eigenvalue weighted by Crippen LogP contribution is -2.54. The SMILES string of the molecule is CN=C(N)NC1C[C@H]2CC[C@@H](C1)N2C(=O)OC(C)(C)C. The molecule has 20 heavy (non-hydrogen) atoms. The summed E-state index contributed by atoms with van der Waals surface area (Å²) in [5.41, 5.74) is 5.29. The normalized spacial score (nSPS) is 30.3. The van der Waals surface area contributed by atoms with E-state index in [1.54, 1.807) is 7.05 Å². The quantitative estimate of drug-likeness (QED) is 0.563. The van der Waals surface area contributed by atoms with Crippen molar-refractivity contribution in [2.24, 2.45) is 10.7 Å². The standard InChI is InChI=1S/C14H26N4O2/c1-14(2,3)20-13(19)18-10-5-6-11(18)8-9(7-10)17-12(15)16-4/h9-11H,5-8H2,1-4H3,(H3,15,16,17)/t9?,10-,11+. The zero-order chi connectivity index (χ0) is 14.9. The van der Waals surface area contributed by atoms with Crippen LogP contribution in [0.4, 0.5) is 4.79 Å². The van der Waals surface area contributed by atoms with E-state index in [-0.39, 0.29) is 18.2 Å². The largest absolute Gasteiger partial charge is 0.444 e. The Morgan fingerprint density at radius 2 is 1.85 bits per heavy atom. The number of carbonyl (C=O) groups excluding carboxylic acids is 1. The number of nitrogens with one attached hydrogen (secondary N) is 1. The third-order valence-electron chi connectivity index (χ3n) is 3.93. The first-order valence-electron chi connectivity index (χ1n) is 7.30. The van der Waals surface area contributed by atoms with E-state index in [9.17, 15) is 4.79 Å². The van der Waals surface area contributed by atoms with Gasteiger partial charge in [-0.25, -0.2) is 4.79 Å². The van der Waals surface area contributed by atoms with Gasteiger partial charge in [0.1, 0.15) is 5.60 Å². The zero-order valence-corrected chi connectivity index (χ0v) is 12.8. The van der Waals surface area contributed by atoms with Crippen LogP contribution in [0, 0.1) is 0 Å². The second-order valence-corrected chi connectivity index (χ2v) is 6.69. The Labute approximate surface area is 120 Å². The van der Waals surface area contributed by atoms with E-state index in [4.69, 9.17) is 10.5 Å². The molecule has 2 heterocycles. The maximum Gasteiger partial charge on any atom is 0.410 e. The Morgan fingerprint density at radius 3 is 2.30 bits per heavy atom. The molecule has 2 rings (SSSR count). The molecule has 0 aromatic rings. The number of fused-ring (bicyclic) bond motifs is 2. The number of hydrogen-bond acceptors (Lipinski definition) is 3. The summed E-state index contributed by atoms with van der Waals surface area (Å²) in [6.07, 6.45) is 3.73. The van der Waals surface area contributed by atoms with Crippen LogP contribution >= 0.6 is 0 Å². The van der Waals surface area contributed by atoms with Crippen LogP contribution in [0.5, 0.6) is 0 Å². The Hall–Kier alpha value is -1.46. The van der Waals surface area contributed by atoms with Crippen molar-refractivity contribution in [3.63, 3.8) is 0 Å². The second kappa shape index (κ2) is 5.50. The Bertz CT molecular complexity index is 388. The predicted molar refractivity (Wildman–Crippen MR) is 78.6 cm³/mol. The molecule has 0 radical (unpaired) electrons. The monoisotopic (exact) mass is 282 g/mol. The van der Waals surface area contributed by atoms with Gasteiger partial charge in [0.05, 0.1) is 0 Å². The number of nitrogens with two attached hydrogens (primary N) is 1. The average Bonchev–Trinajstić information content (AvgIpc) is 2.59.